The van der Waals surface area contributed by atoms with Crippen LogP contribution in [0.15, 0.2) is 77.7 Å². The number of hydrogen-bond acceptors (Lipinski definition) is 5. The fraction of sp³-hybridized carbons (Fsp3) is 0.280. The third-order valence-corrected chi connectivity index (χ3v) is 7.57. The summed E-state index contributed by atoms with van der Waals surface area (Å²) >= 11 is 0. The molecule has 174 valence electrons. The molecular formula is C25H27FN2O4S. The molecule has 0 aromatic heterocycles. The first-order chi connectivity index (χ1) is 16.0. The SMILES string of the molecule is COc1cc(CN2CCN(S(=O)(=O)c3ccc(F)cc3)CC2)ccc1OCc1ccccc1. The molecule has 1 saturated heterocycles. The van der Waals surface area contributed by atoms with E-state index in [0.29, 0.717) is 50.8 Å². The summed E-state index contributed by atoms with van der Waals surface area (Å²) in [5.41, 5.74) is 2.14. The number of nitrogens with zero attached hydrogens (tertiary/aromatic N) is 2. The van der Waals surface area contributed by atoms with Gasteiger partial charge in [0.25, 0.3) is 0 Å². The molecule has 0 spiro atoms. The fourth-order valence-corrected chi connectivity index (χ4v) is 5.23. The second-order valence-electron chi connectivity index (χ2n) is 7.89. The van der Waals surface area contributed by atoms with Crippen molar-refractivity contribution in [3.05, 3.63) is 89.7 Å². The van der Waals surface area contributed by atoms with Gasteiger partial charge in [-0.3, -0.25) is 4.90 Å². The molecule has 3 aromatic rings. The van der Waals surface area contributed by atoms with E-state index in [1.54, 1.807) is 7.11 Å². The van der Waals surface area contributed by atoms with Crippen molar-refractivity contribution in [1.82, 2.24) is 9.21 Å². The molecule has 0 atom stereocenters. The van der Waals surface area contributed by atoms with Crippen LogP contribution in [-0.4, -0.2) is 50.9 Å². The molecule has 0 radical (unpaired) electrons. The maximum atomic E-state index is 13.1. The third-order valence-electron chi connectivity index (χ3n) is 5.65. The summed E-state index contributed by atoms with van der Waals surface area (Å²) in [7, 11) is -2.00. The minimum atomic E-state index is -3.62. The zero-order valence-electron chi connectivity index (χ0n) is 18.5. The Kier molecular flexibility index (Phi) is 7.27. The molecule has 33 heavy (non-hydrogen) atoms. The van der Waals surface area contributed by atoms with Gasteiger partial charge in [-0.2, -0.15) is 4.31 Å². The smallest absolute Gasteiger partial charge is 0.243 e. The number of ether oxygens (including phenoxy) is 2. The summed E-state index contributed by atoms with van der Waals surface area (Å²) < 4.78 is 51.7. The van der Waals surface area contributed by atoms with Crippen molar-refractivity contribution in [3.8, 4) is 11.5 Å². The summed E-state index contributed by atoms with van der Waals surface area (Å²) in [6.45, 7) is 3.12. The maximum Gasteiger partial charge on any atom is 0.243 e. The number of benzene rings is 3. The van der Waals surface area contributed by atoms with Gasteiger partial charge in [-0.05, 0) is 47.5 Å². The lowest BCUT2D eigenvalue weighted by Crippen LogP contribution is -2.48. The minimum absolute atomic E-state index is 0.119. The van der Waals surface area contributed by atoms with Crippen LogP contribution in [0.3, 0.4) is 0 Å². The normalized spacial score (nSPS) is 15.3. The number of rotatable bonds is 8. The van der Waals surface area contributed by atoms with Crippen LogP contribution in [0, 0.1) is 5.82 Å². The first kappa shape index (κ1) is 23.2. The summed E-state index contributed by atoms with van der Waals surface area (Å²) in [5.74, 6) is 0.895. The molecule has 1 heterocycles. The van der Waals surface area contributed by atoms with Gasteiger partial charge in [0.15, 0.2) is 11.5 Å². The van der Waals surface area contributed by atoms with Crippen molar-refractivity contribution < 1.29 is 22.3 Å². The topological polar surface area (TPSA) is 59.1 Å². The van der Waals surface area contributed by atoms with Crippen LogP contribution in [0.5, 0.6) is 11.5 Å². The highest BCUT2D eigenvalue weighted by Gasteiger charge is 2.28. The molecule has 4 rings (SSSR count). The summed E-state index contributed by atoms with van der Waals surface area (Å²) in [4.78, 5) is 2.32. The lowest BCUT2D eigenvalue weighted by atomic mass is 10.1. The Balaban J connectivity index is 1.34. The zero-order chi connectivity index (χ0) is 23.3. The average molecular weight is 471 g/mol. The number of hydrogen-bond donors (Lipinski definition) is 0. The molecular weight excluding hydrogens is 443 g/mol. The van der Waals surface area contributed by atoms with E-state index in [9.17, 15) is 12.8 Å². The van der Waals surface area contributed by atoms with Crippen LogP contribution in [0.4, 0.5) is 4.39 Å². The van der Waals surface area contributed by atoms with Gasteiger partial charge in [0, 0.05) is 32.7 Å². The van der Waals surface area contributed by atoms with Gasteiger partial charge in [0.1, 0.15) is 12.4 Å². The van der Waals surface area contributed by atoms with Crippen molar-refractivity contribution in [2.24, 2.45) is 0 Å². The molecule has 0 bridgehead atoms. The van der Waals surface area contributed by atoms with E-state index in [-0.39, 0.29) is 4.90 Å². The van der Waals surface area contributed by atoms with Gasteiger partial charge in [-0.1, -0.05) is 36.4 Å². The van der Waals surface area contributed by atoms with Gasteiger partial charge in [-0.25, -0.2) is 12.8 Å². The molecule has 1 aliphatic rings. The quantitative estimate of drug-likeness (QED) is 0.500. The molecule has 0 amide bonds. The van der Waals surface area contributed by atoms with E-state index < -0.39 is 15.8 Å². The molecule has 3 aromatic carbocycles. The third kappa shape index (κ3) is 5.71. The average Bonchev–Trinajstić information content (AvgIpc) is 2.84. The molecule has 0 N–H and O–H groups in total. The predicted molar refractivity (Wildman–Crippen MR) is 124 cm³/mol. The molecule has 8 heteroatoms. The van der Waals surface area contributed by atoms with Gasteiger partial charge >= 0.3 is 0 Å². The minimum Gasteiger partial charge on any atom is -0.493 e. The first-order valence-corrected chi connectivity index (χ1v) is 12.2. The van der Waals surface area contributed by atoms with Crippen LogP contribution in [0.1, 0.15) is 11.1 Å². The highest BCUT2D eigenvalue weighted by molar-refractivity contribution is 7.89. The van der Waals surface area contributed by atoms with Gasteiger partial charge in [0.2, 0.25) is 10.0 Å². The van der Waals surface area contributed by atoms with Crippen LogP contribution in [-0.2, 0) is 23.2 Å². The second kappa shape index (κ2) is 10.3. The van der Waals surface area contributed by atoms with E-state index in [4.69, 9.17) is 9.47 Å². The number of piperazine rings is 1. The van der Waals surface area contributed by atoms with E-state index in [1.807, 2.05) is 48.5 Å². The molecule has 0 saturated carbocycles. The predicted octanol–water partition coefficient (Wildman–Crippen LogP) is 3.92. The number of halogens is 1. The summed E-state index contributed by atoms with van der Waals surface area (Å²) in [5, 5.41) is 0. The Bertz CT molecular complexity index is 1160. The first-order valence-electron chi connectivity index (χ1n) is 10.8. The van der Waals surface area contributed by atoms with Crippen molar-refractivity contribution in [1.29, 1.82) is 0 Å². The standard InChI is InChI=1S/C25H27FN2O4S/c1-31-25-17-21(7-12-24(25)32-19-20-5-3-2-4-6-20)18-27-13-15-28(16-14-27)33(29,30)23-10-8-22(26)9-11-23/h2-12,17H,13-16,18-19H2,1H3. The summed E-state index contributed by atoms with van der Waals surface area (Å²) in [6, 6.07) is 20.8. The van der Waals surface area contributed by atoms with Crippen molar-refractivity contribution >= 4 is 10.0 Å². The van der Waals surface area contributed by atoms with Crippen LogP contribution in [0.2, 0.25) is 0 Å². The van der Waals surface area contributed by atoms with Crippen LogP contribution < -0.4 is 9.47 Å². The number of methoxy groups -OCH3 is 1. The molecule has 6 nitrogen and oxygen atoms in total. The number of sulfonamides is 1. The lowest BCUT2D eigenvalue weighted by Gasteiger charge is -2.34. The van der Waals surface area contributed by atoms with Crippen LogP contribution >= 0.6 is 0 Å². The lowest BCUT2D eigenvalue weighted by molar-refractivity contribution is 0.181. The highest BCUT2D eigenvalue weighted by atomic mass is 32.2. The van der Waals surface area contributed by atoms with E-state index >= 15 is 0 Å². The fourth-order valence-electron chi connectivity index (χ4n) is 3.81. The molecule has 1 aliphatic heterocycles. The molecule has 1 fully saturated rings. The molecule has 0 aliphatic carbocycles. The van der Waals surface area contributed by atoms with E-state index in [1.165, 1.54) is 28.6 Å². The van der Waals surface area contributed by atoms with Gasteiger partial charge in [-0.15, -0.1) is 0 Å². The molecule has 0 unspecified atom stereocenters. The van der Waals surface area contributed by atoms with Gasteiger partial charge in [0.05, 0.1) is 12.0 Å². The maximum absolute atomic E-state index is 13.1. The van der Waals surface area contributed by atoms with E-state index in [0.717, 1.165) is 11.1 Å². The summed E-state index contributed by atoms with van der Waals surface area (Å²) in [6.07, 6.45) is 0. The Labute approximate surface area is 194 Å². The van der Waals surface area contributed by atoms with Crippen molar-refractivity contribution in [2.45, 2.75) is 18.0 Å². The Morgan fingerprint density at radius 2 is 1.55 bits per heavy atom. The van der Waals surface area contributed by atoms with Crippen LogP contribution in [0.25, 0.3) is 0 Å². The van der Waals surface area contributed by atoms with Crippen molar-refractivity contribution in [2.75, 3.05) is 33.3 Å². The second-order valence-corrected chi connectivity index (χ2v) is 9.83. The Morgan fingerprint density at radius 3 is 2.21 bits per heavy atom. The van der Waals surface area contributed by atoms with Crippen molar-refractivity contribution in [3.63, 3.8) is 0 Å². The highest BCUT2D eigenvalue weighted by Crippen LogP contribution is 2.29. The Hall–Kier alpha value is -2.94. The Morgan fingerprint density at radius 1 is 0.848 bits per heavy atom. The van der Waals surface area contributed by atoms with E-state index in [2.05, 4.69) is 4.90 Å². The van der Waals surface area contributed by atoms with Gasteiger partial charge < -0.3 is 9.47 Å². The monoisotopic (exact) mass is 470 g/mol. The zero-order valence-corrected chi connectivity index (χ0v) is 19.3. The largest absolute Gasteiger partial charge is 0.493 e.